The highest BCUT2D eigenvalue weighted by Crippen LogP contribution is 2.28. The van der Waals surface area contributed by atoms with Crippen molar-refractivity contribution in [1.82, 2.24) is 14.4 Å². The lowest BCUT2D eigenvalue weighted by Gasteiger charge is -2.09. The van der Waals surface area contributed by atoms with E-state index in [9.17, 15) is 0 Å². The molecule has 0 spiro atoms. The van der Waals surface area contributed by atoms with Gasteiger partial charge in [-0.25, -0.2) is 10.8 Å². The van der Waals surface area contributed by atoms with E-state index < -0.39 is 0 Å². The van der Waals surface area contributed by atoms with E-state index in [2.05, 4.69) is 38.0 Å². The molecule has 3 rings (SSSR count). The summed E-state index contributed by atoms with van der Waals surface area (Å²) in [5.41, 5.74) is 3.15. The molecule has 6 nitrogen and oxygen atoms in total. The van der Waals surface area contributed by atoms with Crippen molar-refractivity contribution in [3.63, 3.8) is 0 Å². The minimum absolute atomic E-state index is 0.407. The Balaban J connectivity index is 2.09. The van der Waals surface area contributed by atoms with Gasteiger partial charge in [0.15, 0.2) is 5.82 Å². The molecule has 0 amide bonds. The molecule has 0 aliphatic carbocycles. The normalized spacial score (nSPS) is 10.6. The van der Waals surface area contributed by atoms with Crippen molar-refractivity contribution in [3.05, 3.63) is 46.4 Å². The van der Waals surface area contributed by atoms with Crippen molar-refractivity contribution in [1.29, 1.82) is 0 Å². The third-order valence-electron chi connectivity index (χ3n) is 2.53. The highest BCUT2D eigenvalue weighted by atomic mass is 127. The lowest BCUT2D eigenvalue weighted by atomic mass is 10.3. The molecule has 7 heteroatoms. The summed E-state index contributed by atoms with van der Waals surface area (Å²) in [5.74, 6) is 7.04. The third-order valence-corrected chi connectivity index (χ3v) is 3.43. The molecule has 1 aromatic carbocycles. The first-order valence-corrected chi connectivity index (χ1v) is 6.58. The number of rotatable bonds is 3. The van der Waals surface area contributed by atoms with Crippen molar-refractivity contribution in [2.24, 2.45) is 5.84 Å². The van der Waals surface area contributed by atoms with Crippen LogP contribution in [-0.4, -0.2) is 14.4 Å². The van der Waals surface area contributed by atoms with Crippen LogP contribution in [0, 0.1) is 3.57 Å². The van der Waals surface area contributed by atoms with Gasteiger partial charge < -0.3 is 10.2 Å². The van der Waals surface area contributed by atoms with Crippen LogP contribution in [0.25, 0.3) is 5.65 Å². The zero-order valence-electron chi connectivity index (χ0n) is 9.75. The molecule has 0 saturated heterocycles. The molecule has 3 aromatic rings. The number of aromatic nitrogens is 3. The summed E-state index contributed by atoms with van der Waals surface area (Å²) in [7, 11) is 0. The van der Waals surface area contributed by atoms with Crippen molar-refractivity contribution in [2.45, 2.75) is 0 Å². The van der Waals surface area contributed by atoms with Crippen LogP contribution in [0.2, 0.25) is 0 Å². The summed E-state index contributed by atoms with van der Waals surface area (Å²) in [6.45, 7) is 0. The van der Waals surface area contributed by atoms with Gasteiger partial charge in [-0.1, -0.05) is 12.1 Å². The number of nitrogens with two attached hydrogens (primary N) is 1. The van der Waals surface area contributed by atoms with Crippen LogP contribution >= 0.6 is 22.6 Å². The highest BCUT2D eigenvalue weighted by molar-refractivity contribution is 14.1. The Hall–Kier alpha value is -1.87. The molecule has 0 fully saturated rings. The van der Waals surface area contributed by atoms with Crippen LogP contribution in [0.15, 0.2) is 42.9 Å². The number of anilines is 1. The minimum Gasteiger partial charge on any atom is -0.435 e. The monoisotopic (exact) mass is 367 g/mol. The Bertz CT molecular complexity index is 727. The molecule has 2 aromatic heterocycles. The van der Waals surface area contributed by atoms with Gasteiger partial charge in [-0.15, -0.1) is 0 Å². The Morgan fingerprint density at radius 1 is 1.32 bits per heavy atom. The van der Waals surface area contributed by atoms with Gasteiger partial charge in [0.25, 0.3) is 5.88 Å². The van der Waals surface area contributed by atoms with Crippen LogP contribution in [0.1, 0.15) is 0 Å². The number of para-hydroxylation sites is 1. The second-order valence-corrected chi connectivity index (χ2v) is 4.93. The molecule has 0 bridgehead atoms. The van der Waals surface area contributed by atoms with Crippen LogP contribution in [0.3, 0.4) is 0 Å². The first-order valence-electron chi connectivity index (χ1n) is 5.50. The largest absolute Gasteiger partial charge is 0.435 e. The average molecular weight is 367 g/mol. The molecule has 0 unspecified atom stereocenters. The molecule has 3 N–H and O–H groups in total. The van der Waals surface area contributed by atoms with Gasteiger partial charge >= 0.3 is 0 Å². The summed E-state index contributed by atoms with van der Waals surface area (Å²) in [6, 6.07) is 7.70. The standard InChI is InChI=1S/C12H10IN5O/c13-8-3-1-2-4-9(8)19-12-11-15-5-6-18(11)7-10(16-12)17-14/h1-7,17H,14H2. The predicted octanol–water partition coefficient (Wildman–Crippen LogP) is 2.41. The second-order valence-electron chi connectivity index (χ2n) is 3.77. The van der Waals surface area contributed by atoms with E-state index >= 15 is 0 Å². The number of fused-ring (bicyclic) bond motifs is 1. The number of nitrogen functional groups attached to an aromatic ring is 1. The lowest BCUT2D eigenvalue weighted by Crippen LogP contribution is -2.10. The number of ether oxygens (including phenoxy) is 1. The first kappa shape index (κ1) is 12.2. The molecule has 0 atom stereocenters. The Labute approximate surface area is 122 Å². The number of nitrogens with one attached hydrogen (secondary N) is 1. The zero-order valence-corrected chi connectivity index (χ0v) is 11.9. The number of nitrogens with zero attached hydrogens (tertiary/aromatic N) is 3. The van der Waals surface area contributed by atoms with Crippen LogP contribution in [-0.2, 0) is 0 Å². The molecule has 0 radical (unpaired) electrons. The van der Waals surface area contributed by atoms with Gasteiger partial charge in [0, 0.05) is 12.4 Å². The SMILES string of the molecule is NNc1cn2ccnc2c(Oc2ccccc2I)n1. The highest BCUT2D eigenvalue weighted by Gasteiger charge is 2.10. The Morgan fingerprint density at radius 2 is 2.16 bits per heavy atom. The molecule has 0 saturated carbocycles. The number of benzene rings is 1. The van der Waals surface area contributed by atoms with Gasteiger partial charge in [-0.3, -0.25) is 4.40 Å². The van der Waals surface area contributed by atoms with Gasteiger partial charge in [0.1, 0.15) is 5.75 Å². The maximum atomic E-state index is 5.83. The summed E-state index contributed by atoms with van der Waals surface area (Å²) in [6.07, 6.45) is 5.23. The molecule has 0 aliphatic rings. The van der Waals surface area contributed by atoms with Crippen LogP contribution in [0.4, 0.5) is 5.82 Å². The van der Waals surface area contributed by atoms with E-state index in [-0.39, 0.29) is 0 Å². The number of halogens is 1. The minimum atomic E-state index is 0.407. The fourth-order valence-corrected chi connectivity index (χ4v) is 2.17. The van der Waals surface area contributed by atoms with Gasteiger partial charge in [0.2, 0.25) is 5.65 Å². The van der Waals surface area contributed by atoms with Crippen molar-refractivity contribution in [3.8, 4) is 11.6 Å². The van der Waals surface area contributed by atoms with E-state index in [0.29, 0.717) is 17.3 Å². The maximum Gasteiger partial charge on any atom is 0.265 e. The van der Waals surface area contributed by atoms with Crippen molar-refractivity contribution >= 4 is 34.1 Å². The molecular weight excluding hydrogens is 357 g/mol. The predicted molar refractivity (Wildman–Crippen MR) is 80.0 cm³/mol. The Morgan fingerprint density at radius 3 is 2.95 bits per heavy atom. The fourth-order valence-electron chi connectivity index (χ4n) is 1.67. The Kier molecular flexibility index (Phi) is 3.22. The van der Waals surface area contributed by atoms with Crippen molar-refractivity contribution < 1.29 is 4.74 Å². The van der Waals surface area contributed by atoms with Gasteiger partial charge in [-0.05, 0) is 34.7 Å². The van der Waals surface area contributed by atoms with Gasteiger partial charge in [0.05, 0.1) is 9.77 Å². The topological polar surface area (TPSA) is 77.5 Å². The van der Waals surface area contributed by atoms with E-state index in [1.165, 1.54) is 0 Å². The number of imidazole rings is 1. The fraction of sp³-hybridized carbons (Fsp3) is 0. The van der Waals surface area contributed by atoms with E-state index in [0.717, 1.165) is 9.32 Å². The number of hydrogen-bond donors (Lipinski definition) is 2. The molecule has 0 aliphatic heterocycles. The van der Waals surface area contributed by atoms with E-state index in [4.69, 9.17) is 10.6 Å². The lowest BCUT2D eigenvalue weighted by molar-refractivity contribution is 0.462. The molecule has 19 heavy (non-hydrogen) atoms. The molecular formula is C12H10IN5O. The van der Waals surface area contributed by atoms with Gasteiger partial charge in [-0.2, -0.15) is 4.98 Å². The first-order chi connectivity index (χ1) is 9.28. The third kappa shape index (κ3) is 2.34. The van der Waals surface area contributed by atoms with Crippen LogP contribution < -0.4 is 16.0 Å². The summed E-state index contributed by atoms with van der Waals surface area (Å²) in [5, 5.41) is 0. The number of hydrogen-bond acceptors (Lipinski definition) is 5. The second kappa shape index (κ2) is 5.02. The van der Waals surface area contributed by atoms with Crippen LogP contribution in [0.5, 0.6) is 11.6 Å². The molecule has 96 valence electrons. The quantitative estimate of drug-likeness (QED) is 0.422. The average Bonchev–Trinajstić information content (AvgIpc) is 2.89. The maximum absolute atomic E-state index is 5.83. The van der Waals surface area contributed by atoms with E-state index in [1.807, 2.05) is 24.3 Å². The smallest absolute Gasteiger partial charge is 0.265 e. The van der Waals surface area contributed by atoms with E-state index in [1.54, 1.807) is 23.0 Å². The summed E-state index contributed by atoms with van der Waals surface area (Å²) < 4.78 is 8.62. The molecule has 2 heterocycles. The summed E-state index contributed by atoms with van der Waals surface area (Å²) in [4.78, 5) is 8.51. The number of hydrazine groups is 1. The summed E-state index contributed by atoms with van der Waals surface area (Å²) >= 11 is 2.21. The van der Waals surface area contributed by atoms with Crippen molar-refractivity contribution in [2.75, 3.05) is 5.43 Å². The zero-order chi connectivity index (χ0) is 13.2.